The summed E-state index contributed by atoms with van der Waals surface area (Å²) in [6, 6.07) is 15.1. The van der Waals surface area contributed by atoms with E-state index in [1.165, 1.54) is 4.31 Å². The number of halogens is 1. The lowest BCUT2D eigenvalue weighted by Crippen LogP contribution is -2.35. The van der Waals surface area contributed by atoms with Crippen molar-refractivity contribution >= 4 is 21.6 Å². The summed E-state index contributed by atoms with van der Waals surface area (Å²) in [5.41, 5.74) is 3.28. The fraction of sp³-hybridized carbons (Fsp3) is 0.433. The molecule has 0 saturated heterocycles. The van der Waals surface area contributed by atoms with Crippen LogP contribution >= 0.6 is 11.6 Å². The first-order valence-corrected chi connectivity index (χ1v) is 15.3. The second kappa shape index (κ2) is 10.3. The molecule has 0 radical (unpaired) electrons. The Balaban J connectivity index is 1.25. The van der Waals surface area contributed by atoms with Crippen molar-refractivity contribution in [2.24, 2.45) is 0 Å². The summed E-state index contributed by atoms with van der Waals surface area (Å²) >= 11 is 6.53. The summed E-state index contributed by atoms with van der Waals surface area (Å²) in [7, 11) is -1.92. The fourth-order valence-electron chi connectivity index (χ4n) is 5.42. The minimum Gasteiger partial charge on any atom is -0.490 e. The second-order valence-electron chi connectivity index (χ2n) is 10.7. The minimum atomic E-state index is -3.61. The van der Waals surface area contributed by atoms with Crippen molar-refractivity contribution < 1.29 is 17.9 Å². The Hall–Kier alpha value is -2.45. The Morgan fingerprint density at radius 2 is 1.79 bits per heavy atom. The quantitative estimate of drug-likeness (QED) is 0.279. The first-order valence-electron chi connectivity index (χ1n) is 13.5. The van der Waals surface area contributed by atoms with Gasteiger partial charge < -0.3 is 9.47 Å². The Bertz CT molecular complexity index is 1430. The molecule has 0 aliphatic heterocycles. The van der Waals surface area contributed by atoms with Gasteiger partial charge in [-0.1, -0.05) is 42.6 Å². The van der Waals surface area contributed by atoms with Gasteiger partial charge in [0.2, 0.25) is 10.0 Å². The molecule has 2 aromatic carbocycles. The third-order valence-electron chi connectivity index (χ3n) is 8.05. The van der Waals surface area contributed by atoms with E-state index in [1.54, 1.807) is 31.4 Å². The molecule has 3 aliphatic carbocycles. The van der Waals surface area contributed by atoms with Gasteiger partial charge in [0.15, 0.2) is 0 Å². The van der Waals surface area contributed by atoms with Gasteiger partial charge >= 0.3 is 0 Å². The zero-order chi connectivity index (χ0) is 26.3. The Labute approximate surface area is 230 Å². The first kappa shape index (κ1) is 25.8. The molecule has 3 fully saturated rings. The normalized spacial score (nSPS) is 19.1. The zero-order valence-electron chi connectivity index (χ0n) is 21.6. The van der Waals surface area contributed by atoms with E-state index in [1.807, 2.05) is 30.5 Å². The number of hydrogen-bond donors (Lipinski definition) is 0. The van der Waals surface area contributed by atoms with Crippen LogP contribution in [0.25, 0.3) is 11.1 Å². The van der Waals surface area contributed by atoms with Gasteiger partial charge in [0.1, 0.15) is 5.75 Å². The van der Waals surface area contributed by atoms with Crippen LogP contribution in [0.4, 0.5) is 0 Å². The molecule has 1 heterocycles. The highest BCUT2D eigenvalue weighted by Crippen LogP contribution is 2.53. The smallest absolute Gasteiger partial charge is 0.243 e. The van der Waals surface area contributed by atoms with Crippen molar-refractivity contribution in [3.63, 3.8) is 0 Å². The van der Waals surface area contributed by atoms with Crippen LogP contribution in [0.5, 0.6) is 5.75 Å². The molecule has 0 unspecified atom stereocenters. The van der Waals surface area contributed by atoms with Crippen LogP contribution in [-0.2, 0) is 27.0 Å². The number of sulfonamides is 1. The monoisotopic (exact) mass is 552 g/mol. The maximum Gasteiger partial charge on any atom is 0.243 e. The van der Waals surface area contributed by atoms with Gasteiger partial charge in [-0.3, -0.25) is 4.98 Å². The number of hydrogen-bond acceptors (Lipinski definition) is 5. The second-order valence-corrected chi connectivity index (χ2v) is 13.1. The van der Waals surface area contributed by atoms with E-state index in [0.29, 0.717) is 16.7 Å². The predicted molar refractivity (Wildman–Crippen MR) is 148 cm³/mol. The lowest BCUT2D eigenvalue weighted by atomic mass is 9.96. The lowest BCUT2D eigenvalue weighted by Gasteiger charge is -2.24. The highest BCUT2D eigenvalue weighted by molar-refractivity contribution is 7.89. The topological polar surface area (TPSA) is 68.7 Å². The summed E-state index contributed by atoms with van der Waals surface area (Å²) < 4.78 is 41.0. The van der Waals surface area contributed by atoms with Crippen LogP contribution < -0.4 is 4.74 Å². The number of ether oxygens (including phenoxy) is 2. The average Bonchev–Trinajstić information content (AvgIpc) is 3.86. The van der Waals surface area contributed by atoms with Crippen LogP contribution in [0, 0.1) is 0 Å². The van der Waals surface area contributed by atoms with Crippen LogP contribution in [0.2, 0.25) is 5.02 Å². The van der Waals surface area contributed by atoms with E-state index < -0.39 is 15.6 Å². The first-order chi connectivity index (χ1) is 18.4. The molecule has 0 bridgehead atoms. The Morgan fingerprint density at radius 3 is 2.53 bits per heavy atom. The van der Waals surface area contributed by atoms with E-state index in [9.17, 15) is 8.42 Å². The number of para-hydroxylation sites is 1. The zero-order valence-corrected chi connectivity index (χ0v) is 23.2. The fourth-order valence-corrected chi connectivity index (χ4v) is 7.06. The summed E-state index contributed by atoms with van der Waals surface area (Å²) in [6.07, 6.45) is 11.8. The molecule has 3 aromatic rings. The van der Waals surface area contributed by atoms with Crippen molar-refractivity contribution in [3.8, 4) is 16.9 Å². The SMILES string of the molecule is CN(C1CCCC1)S(=O)(=O)c1ccc(Cl)c(COC2(c3cnccc3-c3ccccc3OC3CC3)CC2)c1. The van der Waals surface area contributed by atoms with Crippen molar-refractivity contribution in [2.75, 3.05) is 7.05 Å². The molecule has 1 aromatic heterocycles. The van der Waals surface area contributed by atoms with Gasteiger partial charge in [-0.05, 0) is 80.0 Å². The van der Waals surface area contributed by atoms with Crippen molar-refractivity contribution in [2.45, 2.75) is 80.6 Å². The minimum absolute atomic E-state index is 0.0564. The number of aromatic nitrogens is 1. The van der Waals surface area contributed by atoms with Crippen molar-refractivity contribution in [1.82, 2.24) is 9.29 Å². The van der Waals surface area contributed by atoms with Crippen LogP contribution in [-0.4, -0.2) is 36.9 Å². The molecule has 3 aliphatic rings. The molecular formula is C30H33ClN2O4S. The Morgan fingerprint density at radius 1 is 1.03 bits per heavy atom. The number of pyridine rings is 1. The summed E-state index contributed by atoms with van der Waals surface area (Å²) in [5.74, 6) is 0.880. The molecule has 6 rings (SSSR count). The number of rotatable bonds is 10. The van der Waals surface area contributed by atoms with Crippen molar-refractivity contribution in [3.05, 3.63) is 77.1 Å². The molecule has 0 spiro atoms. The molecule has 200 valence electrons. The molecule has 8 heteroatoms. The highest BCUT2D eigenvalue weighted by Gasteiger charge is 2.48. The molecule has 3 saturated carbocycles. The maximum atomic E-state index is 13.4. The standard InChI is InChI=1S/C30H33ClN2O4S/c1-33(22-6-2-3-7-22)38(34,35)24-12-13-28(31)21(18-24)20-36-30(15-16-30)27-19-32-17-14-25(27)26-8-4-5-9-29(26)37-23-10-11-23/h4-5,8-9,12-14,17-19,22-23H,2-3,6-7,10-11,15-16,20H2,1H3. The van der Waals surface area contributed by atoms with Crippen LogP contribution in [0.3, 0.4) is 0 Å². The van der Waals surface area contributed by atoms with Crippen LogP contribution in [0.1, 0.15) is 62.5 Å². The molecule has 0 atom stereocenters. The van der Waals surface area contributed by atoms with Gasteiger partial charge in [-0.15, -0.1) is 0 Å². The van der Waals surface area contributed by atoms with Gasteiger partial charge in [0.25, 0.3) is 0 Å². The Kier molecular flexibility index (Phi) is 6.97. The van der Waals surface area contributed by atoms with E-state index >= 15 is 0 Å². The highest BCUT2D eigenvalue weighted by atomic mass is 35.5. The molecule has 6 nitrogen and oxygen atoms in total. The third-order valence-corrected chi connectivity index (χ3v) is 10.3. The average molecular weight is 553 g/mol. The van der Waals surface area contributed by atoms with E-state index in [0.717, 1.165) is 73.8 Å². The van der Waals surface area contributed by atoms with Gasteiger partial charge in [0.05, 0.1) is 23.2 Å². The summed E-state index contributed by atoms with van der Waals surface area (Å²) in [6.45, 7) is 0.212. The number of nitrogens with zero attached hydrogens (tertiary/aromatic N) is 2. The van der Waals surface area contributed by atoms with Crippen molar-refractivity contribution in [1.29, 1.82) is 0 Å². The van der Waals surface area contributed by atoms with E-state index in [2.05, 4.69) is 11.1 Å². The summed E-state index contributed by atoms with van der Waals surface area (Å²) in [4.78, 5) is 4.68. The third kappa shape index (κ3) is 5.09. The van der Waals surface area contributed by atoms with Gasteiger partial charge in [-0.25, -0.2) is 8.42 Å². The molecule has 0 N–H and O–H groups in total. The summed E-state index contributed by atoms with van der Waals surface area (Å²) in [5, 5.41) is 0.498. The largest absolute Gasteiger partial charge is 0.490 e. The van der Waals surface area contributed by atoms with Gasteiger partial charge in [-0.2, -0.15) is 4.31 Å². The lowest BCUT2D eigenvalue weighted by molar-refractivity contribution is 0.0173. The predicted octanol–water partition coefficient (Wildman–Crippen LogP) is 6.71. The molecule has 38 heavy (non-hydrogen) atoms. The van der Waals surface area contributed by atoms with E-state index in [-0.39, 0.29) is 17.5 Å². The number of benzene rings is 2. The molecule has 0 amide bonds. The van der Waals surface area contributed by atoms with Gasteiger partial charge in [0, 0.05) is 41.6 Å². The molecular weight excluding hydrogens is 520 g/mol. The maximum absolute atomic E-state index is 13.4. The van der Waals surface area contributed by atoms with Crippen LogP contribution in [0.15, 0.2) is 65.8 Å². The van der Waals surface area contributed by atoms with E-state index in [4.69, 9.17) is 21.1 Å².